The maximum atomic E-state index is 12.2. The van der Waals surface area contributed by atoms with Gasteiger partial charge in [-0.25, -0.2) is 13.5 Å². The number of carbonyl (C=O) groups excluding carboxylic acids is 1. The molecule has 0 aromatic heterocycles. The molecule has 0 aliphatic heterocycles. The first-order chi connectivity index (χ1) is 13.8. The highest BCUT2D eigenvalue weighted by molar-refractivity contribution is 9.10. The number of carbonyl (C=O) groups is 3. The number of benzene rings is 3. The molecule has 7 nitrogen and oxygen atoms in total. The quantitative estimate of drug-likeness (QED) is 0.397. The van der Waals surface area contributed by atoms with E-state index >= 15 is 0 Å². The molecule has 0 heterocycles. The molecule has 3 aromatic rings. The van der Waals surface area contributed by atoms with Crippen molar-refractivity contribution in [2.45, 2.75) is 0 Å². The van der Waals surface area contributed by atoms with E-state index in [9.17, 15) is 14.4 Å². The second-order valence-electron chi connectivity index (χ2n) is 5.67. The average Bonchev–Trinajstić information content (AvgIpc) is 2.74. The molecule has 0 aliphatic rings. The zero-order chi connectivity index (χ0) is 21.4. The summed E-state index contributed by atoms with van der Waals surface area (Å²) in [6, 6.07) is 21.3. The van der Waals surface area contributed by atoms with Crippen LogP contribution in [-0.4, -0.2) is 28.1 Å². The second kappa shape index (κ2) is 10.0. The summed E-state index contributed by atoms with van der Waals surface area (Å²) in [7, 11) is 0. The third-order valence-corrected chi connectivity index (χ3v) is 4.44. The zero-order valence-electron chi connectivity index (χ0n) is 15.0. The van der Waals surface area contributed by atoms with Crippen LogP contribution in [0.5, 0.6) is 0 Å². The van der Waals surface area contributed by atoms with Crippen LogP contribution in [0.4, 0.5) is 11.4 Å². The Balaban J connectivity index is 0.000000253. The summed E-state index contributed by atoms with van der Waals surface area (Å²) in [5, 5.41) is 17.6. The minimum atomic E-state index is -1.08. The third kappa shape index (κ3) is 5.66. The molecular weight excluding hydrogens is 440 g/mol. The molecule has 0 atom stereocenters. The number of amides is 1. The van der Waals surface area contributed by atoms with Crippen molar-refractivity contribution < 1.29 is 24.6 Å². The lowest BCUT2D eigenvalue weighted by molar-refractivity contribution is 0.0687. The van der Waals surface area contributed by atoms with E-state index in [1.807, 2.05) is 0 Å². The smallest absolute Gasteiger partial charge is 0.337 e. The molecular formula is C21H17BrN2O5. The predicted molar refractivity (Wildman–Crippen MR) is 113 cm³/mol. The molecule has 0 saturated heterocycles. The fourth-order valence-electron chi connectivity index (χ4n) is 2.32. The van der Waals surface area contributed by atoms with Crippen LogP contribution in [0, 0.1) is 0 Å². The Hall–Kier alpha value is -3.65. The monoisotopic (exact) mass is 456 g/mol. The van der Waals surface area contributed by atoms with Gasteiger partial charge in [0.2, 0.25) is 0 Å². The maximum absolute atomic E-state index is 12.2. The van der Waals surface area contributed by atoms with Gasteiger partial charge in [0.15, 0.2) is 0 Å². The van der Waals surface area contributed by atoms with E-state index in [2.05, 4.69) is 16.1 Å². The van der Waals surface area contributed by atoms with Crippen molar-refractivity contribution in [3.63, 3.8) is 0 Å². The van der Waals surface area contributed by atoms with Gasteiger partial charge in [0.05, 0.1) is 33.0 Å². The van der Waals surface area contributed by atoms with Gasteiger partial charge in [-0.3, -0.25) is 4.79 Å². The van der Waals surface area contributed by atoms with Gasteiger partial charge in [-0.2, -0.15) is 0 Å². The molecule has 1 amide bonds. The van der Waals surface area contributed by atoms with Gasteiger partial charge < -0.3 is 15.9 Å². The van der Waals surface area contributed by atoms with E-state index in [-0.39, 0.29) is 17.0 Å². The van der Waals surface area contributed by atoms with Crippen LogP contribution in [0.15, 0.2) is 78.9 Å². The molecule has 8 heteroatoms. The molecule has 3 aromatic carbocycles. The van der Waals surface area contributed by atoms with Crippen LogP contribution in [0.3, 0.4) is 0 Å². The highest BCUT2D eigenvalue weighted by Crippen LogP contribution is 2.25. The van der Waals surface area contributed by atoms with Crippen molar-refractivity contribution in [1.29, 1.82) is 0 Å². The number of nitrogens with two attached hydrogens (primary N) is 1. The van der Waals surface area contributed by atoms with Crippen molar-refractivity contribution in [3.05, 3.63) is 95.6 Å². The van der Waals surface area contributed by atoms with Gasteiger partial charge in [0.25, 0.3) is 5.91 Å². The molecule has 0 radical (unpaired) electrons. The average molecular weight is 457 g/mol. The molecule has 0 aliphatic carbocycles. The highest BCUT2D eigenvalue weighted by Gasteiger charge is 2.20. The van der Waals surface area contributed by atoms with Gasteiger partial charge in [-0.15, -0.1) is 0 Å². The maximum Gasteiger partial charge on any atom is 0.337 e. The number of nitrogen functional groups attached to an aromatic ring is 1. The first-order valence-corrected chi connectivity index (χ1v) is 8.99. The van der Waals surface area contributed by atoms with Crippen molar-refractivity contribution in [2.75, 3.05) is 9.66 Å². The SMILES string of the molecule is Nc1ccccc1C(=O)O.O=C(O)c1ccccc1N(Br)C(=O)c1ccccc1. The molecule has 3 rings (SSSR count). The molecule has 0 unspecified atom stereocenters. The zero-order valence-corrected chi connectivity index (χ0v) is 16.6. The van der Waals surface area contributed by atoms with Crippen LogP contribution < -0.4 is 9.66 Å². The third-order valence-electron chi connectivity index (χ3n) is 3.74. The lowest BCUT2D eigenvalue weighted by atomic mass is 10.1. The summed E-state index contributed by atoms with van der Waals surface area (Å²) in [6.07, 6.45) is 0. The van der Waals surface area contributed by atoms with Crippen LogP contribution in [0.25, 0.3) is 0 Å². The Morgan fingerprint density at radius 2 is 1.21 bits per heavy atom. The van der Waals surface area contributed by atoms with E-state index in [4.69, 9.17) is 15.9 Å². The Morgan fingerprint density at radius 1 is 0.724 bits per heavy atom. The lowest BCUT2D eigenvalue weighted by Crippen LogP contribution is -2.22. The molecule has 0 bridgehead atoms. The number of nitrogens with zero attached hydrogens (tertiary/aromatic N) is 1. The Bertz CT molecular complexity index is 1020. The van der Waals surface area contributed by atoms with Crippen molar-refractivity contribution >= 4 is 45.4 Å². The summed E-state index contributed by atoms with van der Waals surface area (Å²) in [4.78, 5) is 33.7. The van der Waals surface area contributed by atoms with Crippen LogP contribution in [-0.2, 0) is 0 Å². The number of para-hydroxylation sites is 2. The number of halogens is 1. The van der Waals surface area contributed by atoms with E-state index in [0.29, 0.717) is 16.9 Å². The number of hydrogen-bond donors (Lipinski definition) is 3. The van der Waals surface area contributed by atoms with Crippen molar-refractivity contribution in [2.24, 2.45) is 0 Å². The first kappa shape index (κ1) is 21.6. The summed E-state index contributed by atoms with van der Waals surface area (Å²) in [5.74, 6) is -2.40. The Morgan fingerprint density at radius 3 is 1.72 bits per heavy atom. The van der Waals surface area contributed by atoms with Crippen molar-refractivity contribution in [1.82, 2.24) is 0 Å². The number of aromatic carboxylic acids is 2. The van der Waals surface area contributed by atoms with Crippen LogP contribution in [0.2, 0.25) is 0 Å². The van der Waals surface area contributed by atoms with Gasteiger partial charge in [0.1, 0.15) is 0 Å². The second-order valence-corrected chi connectivity index (χ2v) is 6.38. The Labute approximate surface area is 175 Å². The van der Waals surface area contributed by atoms with Gasteiger partial charge >= 0.3 is 11.9 Å². The first-order valence-electron chi connectivity index (χ1n) is 8.28. The van der Waals surface area contributed by atoms with Gasteiger partial charge in [-0.05, 0) is 36.4 Å². The van der Waals surface area contributed by atoms with E-state index in [0.717, 1.165) is 3.93 Å². The normalized spacial score (nSPS) is 9.69. The summed E-state index contributed by atoms with van der Waals surface area (Å²) in [5.41, 5.74) is 6.62. The van der Waals surface area contributed by atoms with Crippen LogP contribution >= 0.6 is 16.1 Å². The molecule has 0 saturated carbocycles. The predicted octanol–water partition coefficient (Wildman–Crippen LogP) is 4.31. The largest absolute Gasteiger partial charge is 0.478 e. The number of carboxylic acids is 2. The van der Waals surface area contributed by atoms with Crippen molar-refractivity contribution in [3.8, 4) is 0 Å². The number of carboxylic acid groups (broad SMARTS) is 2. The summed E-state index contributed by atoms with van der Waals surface area (Å²) in [6.45, 7) is 0. The number of anilines is 2. The topological polar surface area (TPSA) is 121 Å². The molecule has 148 valence electrons. The molecule has 4 N–H and O–H groups in total. The standard InChI is InChI=1S/C14H10BrNO3.C7H7NO2/c15-16(13(17)10-6-2-1-3-7-10)12-9-5-4-8-11(12)14(18)19;8-6-4-2-1-3-5(6)7(9)10/h1-9H,(H,18,19);1-4H,8H2,(H,9,10). The highest BCUT2D eigenvalue weighted by atomic mass is 79.9. The molecule has 0 spiro atoms. The minimum Gasteiger partial charge on any atom is -0.478 e. The summed E-state index contributed by atoms with van der Waals surface area (Å²) >= 11 is 3.13. The molecule has 0 fully saturated rings. The van der Waals surface area contributed by atoms with E-state index < -0.39 is 11.9 Å². The Kier molecular flexibility index (Phi) is 7.50. The molecule has 29 heavy (non-hydrogen) atoms. The van der Waals surface area contributed by atoms with E-state index in [1.54, 1.807) is 66.7 Å². The van der Waals surface area contributed by atoms with E-state index in [1.165, 1.54) is 12.1 Å². The van der Waals surface area contributed by atoms with Crippen LogP contribution in [0.1, 0.15) is 31.1 Å². The van der Waals surface area contributed by atoms with Gasteiger partial charge in [-0.1, -0.05) is 42.5 Å². The lowest BCUT2D eigenvalue weighted by Gasteiger charge is -2.16. The minimum absolute atomic E-state index is 0.0589. The number of hydrogen-bond acceptors (Lipinski definition) is 4. The number of rotatable bonds is 4. The van der Waals surface area contributed by atoms with Gasteiger partial charge in [0, 0.05) is 11.3 Å². The fraction of sp³-hybridized carbons (Fsp3) is 0. The fourth-order valence-corrected chi connectivity index (χ4v) is 2.83. The summed E-state index contributed by atoms with van der Waals surface area (Å²) < 4.78 is 1.16.